The van der Waals surface area contributed by atoms with Crippen molar-refractivity contribution < 1.29 is 10.2 Å². The molecule has 0 aromatic carbocycles. The van der Waals surface area contributed by atoms with Crippen molar-refractivity contribution in [1.29, 1.82) is 0 Å². The summed E-state index contributed by atoms with van der Waals surface area (Å²) in [5.74, 6) is 1.02. The van der Waals surface area contributed by atoms with Crippen molar-refractivity contribution >= 4 is 0 Å². The Morgan fingerprint density at radius 3 is 2.45 bits per heavy atom. The van der Waals surface area contributed by atoms with Crippen LogP contribution >= 0.6 is 0 Å². The van der Waals surface area contributed by atoms with Crippen LogP contribution in [0, 0.1) is 17.9 Å². The van der Waals surface area contributed by atoms with Crippen molar-refractivity contribution in [1.82, 2.24) is 0 Å². The molecule has 0 amide bonds. The maximum Gasteiger partial charge on any atom is 0.0966 e. The lowest BCUT2D eigenvalue weighted by atomic mass is 9.72. The maximum atomic E-state index is 9.45. The Morgan fingerprint density at radius 1 is 1.27 bits per heavy atom. The molecule has 0 saturated heterocycles. The summed E-state index contributed by atoms with van der Waals surface area (Å²) in [5, 5.41) is 18.5. The van der Waals surface area contributed by atoms with Crippen LogP contribution < -0.4 is 0 Å². The van der Waals surface area contributed by atoms with E-state index in [0.29, 0.717) is 17.9 Å². The molecule has 0 aromatic rings. The molecule has 63 valence electrons. The Morgan fingerprint density at radius 2 is 2.00 bits per heavy atom. The van der Waals surface area contributed by atoms with Gasteiger partial charge in [-0.15, -0.1) is 0 Å². The van der Waals surface area contributed by atoms with Crippen molar-refractivity contribution in [2.75, 3.05) is 0 Å². The summed E-state index contributed by atoms with van der Waals surface area (Å²) in [4.78, 5) is 0. The molecular weight excluding hydrogens is 140 g/mol. The van der Waals surface area contributed by atoms with Crippen molar-refractivity contribution in [2.45, 2.75) is 38.2 Å². The molecule has 2 aliphatic rings. The zero-order valence-electron chi connectivity index (χ0n) is 6.66. The molecule has 2 N–H and O–H groups in total. The van der Waals surface area contributed by atoms with Crippen LogP contribution in [0.15, 0.2) is 0 Å². The van der Waals surface area contributed by atoms with E-state index < -0.39 is 0 Å². The fourth-order valence-electron chi connectivity index (χ4n) is 2.32. The van der Waals surface area contributed by atoms with E-state index >= 15 is 0 Å². The highest BCUT2D eigenvalue weighted by atomic mass is 16.3. The fourth-order valence-corrected chi connectivity index (χ4v) is 2.32. The third-order valence-corrected chi connectivity index (χ3v) is 3.09. The summed E-state index contributed by atoms with van der Waals surface area (Å²) < 4.78 is 0. The Labute approximate surface area is 67.2 Å². The van der Waals surface area contributed by atoms with Gasteiger partial charge in [-0.3, -0.25) is 0 Å². The summed E-state index contributed by atoms with van der Waals surface area (Å²) >= 11 is 0. The summed E-state index contributed by atoms with van der Waals surface area (Å²) in [6.45, 7) is 0. The van der Waals surface area contributed by atoms with Gasteiger partial charge in [0.15, 0.2) is 0 Å². The number of rotatable bonds is 1. The van der Waals surface area contributed by atoms with Gasteiger partial charge in [0.1, 0.15) is 0 Å². The Bertz CT molecular complexity index is 140. The molecule has 0 bridgehead atoms. The van der Waals surface area contributed by atoms with Gasteiger partial charge in [-0.2, -0.15) is 0 Å². The van der Waals surface area contributed by atoms with E-state index in [2.05, 4.69) is 0 Å². The van der Waals surface area contributed by atoms with Crippen LogP contribution in [0.25, 0.3) is 0 Å². The molecular formula is C9H15O2. The van der Waals surface area contributed by atoms with Crippen LogP contribution in [0.5, 0.6) is 0 Å². The van der Waals surface area contributed by atoms with Gasteiger partial charge in [0.05, 0.1) is 12.2 Å². The summed E-state index contributed by atoms with van der Waals surface area (Å²) in [7, 11) is 0. The van der Waals surface area contributed by atoms with E-state index in [0.717, 1.165) is 32.1 Å². The van der Waals surface area contributed by atoms with Crippen LogP contribution in [-0.2, 0) is 0 Å². The van der Waals surface area contributed by atoms with Gasteiger partial charge in [-0.05, 0) is 37.5 Å². The lowest BCUT2D eigenvalue weighted by Crippen LogP contribution is -2.34. The Hall–Kier alpha value is -0.0800. The molecule has 0 heterocycles. The first-order valence-electron chi connectivity index (χ1n) is 4.50. The number of aliphatic hydroxyl groups is 2. The van der Waals surface area contributed by atoms with E-state index in [4.69, 9.17) is 5.11 Å². The van der Waals surface area contributed by atoms with Crippen molar-refractivity contribution in [3.8, 4) is 0 Å². The first kappa shape index (κ1) is 7.56. The largest absolute Gasteiger partial charge is 0.393 e. The van der Waals surface area contributed by atoms with Crippen LogP contribution in [0.3, 0.4) is 0 Å². The maximum absolute atomic E-state index is 9.45. The van der Waals surface area contributed by atoms with E-state index in [1.54, 1.807) is 0 Å². The lowest BCUT2D eigenvalue weighted by Gasteiger charge is -2.37. The standard InChI is InChI=1S/C9H15O2/c10-7-4-6(5-7)8-2-1-3-9(8)11/h6-8,10-11H,1-5H2. The van der Waals surface area contributed by atoms with Gasteiger partial charge in [0, 0.05) is 0 Å². The molecule has 1 atom stereocenters. The molecule has 0 aliphatic heterocycles. The molecule has 0 spiro atoms. The fraction of sp³-hybridized carbons (Fsp3) is 0.889. The lowest BCUT2D eigenvalue weighted by molar-refractivity contribution is 0.00638. The highest BCUT2D eigenvalue weighted by Gasteiger charge is 2.39. The topological polar surface area (TPSA) is 40.5 Å². The van der Waals surface area contributed by atoms with Crippen molar-refractivity contribution in [3.05, 3.63) is 6.10 Å². The molecule has 2 saturated carbocycles. The molecule has 2 aliphatic carbocycles. The molecule has 1 radical (unpaired) electrons. The van der Waals surface area contributed by atoms with E-state index in [1.807, 2.05) is 0 Å². The second-order valence-electron chi connectivity index (χ2n) is 3.88. The summed E-state index contributed by atoms with van der Waals surface area (Å²) in [5.41, 5.74) is 0. The monoisotopic (exact) mass is 155 g/mol. The minimum absolute atomic E-state index is 0.0756. The molecule has 2 rings (SSSR count). The highest BCUT2D eigenvalue weighted by molar-refractivity contribution is 4.99. The third-order valence-electron chi connectivity index (χ3n) is 3.09. The predicted octanol–water partition coefficient (Wildman–Crippen LogP) is 1.46. The normalized spacial score (nSPS) is 45.8. The highest BCUT2D eigenvalue weighted by Crippen LogP contribution is 2.45. The van der Waals surface area contributed by atoms with Gasteiger partial charge in [-0.25, -0.2) is 0 Å². The zero-order valence-corrected chi connectivity index (χ0v) is 6.66. The average molecular weight is 155 g/mol. The smallest absolute Gasteiger partial charge is 0.0966 e. The van der Waals surface area contributed by atoms with Crippen LogP contribution in [0.4, 0.5) is 0 Å². The second kappa shape index (κ2) is 2.76. The molecule has 2 nitrogen and oxygen atoms in total. The average Bonchev–Trinajstić information content (AvgIpc) is 2.29. The van der Waals surface area contributed by atoms with Crippen molar-refractivity contribution in [3.63, 3.8) is 0 Å². The van der Waals surface area contributed by atoms with E-state index in [1.165, 1.54) is 0 Å². The van der Waals surface area contributed by atoms with E-state index in [-0.39, 0.29) is 6.10 Å². The number of hydrogen-bond acceptors (Lipinski definition) is 2. The zero-order chi connectivity index (χ0) is 7.84. The molecule has 0 aromatic heterocycles. The second-order valence-corrected chi connectivity index (χ2v) is 3.88. The summed E-state index contributed by atoms with van der Waals surface area (Å²) in [6, 6.07) is 0. The minimum Gasteiger partial charge on any atom is -0.393 e. The Balaban J connectivity index is 1.85. The van der Waals surface area contributed by atoms with E-state index in [9.17, 15) is 5.11 Å². The van der Waals surface area contributed by atoms with Gasteiger partial charge < -0.3 is 10.2 Å². The number of aliphatic hydroxyl groups excluding tert-OH is 2. The van der Waals surface area contributed by atoms with Gasteiger partial charge in [0.25, 0.3) is 0 Å². The molecule has 1 unspecified atom stereocenters. The van der Waals surface area contributed by atoms with Gasteiger partial charge >= 0.3 is 0 Å². The third kappa shape index (κ3) is 1.30. The molecule has 2 fully saturated rings. The van der Waals surface area contributed by atoms with Crippen molar-refractivity contribution in [2.24, 2.45) is 11.8 Å². The summed E-state index contributed by atoms with van der Waals surface area (Å²) in [6.07, 6.45) is 5.63. The Kier molecular flexibility index (Phi) is 1.90. The van der Waals surface area contributed by atoms with Gasteiger partial charge in [0.2, 0.25) is 0 Å². The first-order valence-corrected chi connectivity index (χ1v) is 4.50. The molecule has 11 heavy (non-hydrogen) atoms. The van der Waals surface area contributed by atoms with Crippen LogP contribution in [-0.4, -0.2) is 16.3 Å². The predicted molar refractivity (Wildman–Crippen MR) is 41.3 cm³/mol. The SMILES string of the molecule is O[C]1CCCC1C1CC(O)C1. The quantitative estimate of drug-likeness (QED) is 0.602. The van der Waals surface area contributed by atoms with Gasteiger partial charge in [-0.1, -0.05) is 6.42 Å². The van der Waals surface area contributed by atoms with Crippen LogP contribution in [0.1, 0.15) is 32.1 Å². The minimum atomic E-state index is -0.0756. The molecule has 2 heteroatoms. The first-order chi connectivity index (χ1) is 5.27. The number of hydrogen-bond donors (Lipinski definition) is 2. The van der Waals surface area contributed by atoms with Crippen LogP contribution in [0.2, 0.25) is 0 Å².